The number of pyridine rings is 1. The molecule has 0 spiro atoms. The van der Waals surface area contributed by atoms with Crippen molar-refractivity contribution in [2.24, 2.45) is 0 Å². The van der Waals surface area contributed by atoms with Crippen molar-refractivity contribution in [2.45, 2.75) is 38.3 Å². The average Bonchev–Trinajstić information content (AvgIpc) is 2.45. The molecule has 2 heterocycles. The Bertz CT molecular complexity index is 351. The Morgan fingerprint density at radius 2 is 2.39 bits per heavy atom. The SMILES string of the molecule is COc1cccc(CNCCC2CCCCO2)n1. The first-order valence-corrected chi connectivity index (χ1v) is 6.71. The highest BCUT2D eigenvalue weighted by Gasteiger charge is 2.12. The van der Waals surface area contributed by atoms with Crippen molar-refractivity contribution < 1.29 is 9.47 Å². The van der Waals surface area contributed by atoms with E-state index in [0.29, 0.717) is 12.0 Å². The number of ether oxygens (including phenoxy) is 2. The van der Waals surface area contributed by atoms with Crippen LogP contribution in [0.1, 0.15) is 31.4 Å². The molecule has 0 saturated carbocycles. The maximum absolute atomic E-state index is 5.69. The van der Waals surface area contributed by atoms with Crippen LogP contribution in [-0.4, -0.2) is 31.3 Å². The van der Waals surface area contributed by atoms with Crippen LogP contribution in [0, 0.1) is 0 Å². The highest BCUT2D eigenvalue weighted by atomic mass is 16.5. The third-order valence-corrected chi connectivity index (χ3v) is 3.21. The van der Waals surface area contributed by atoms with Gasteiger partial charge in [-0.1, -0.05) is 6.07 Å². The Morgan fingerprint density at radius 1 is 1.44 bits per heavy atom. The zero-order chi connectivity index (χ0) is 12.6. The van der Waals surface area contributed by atoms with Crippen LogP contribution in [0.2, 0.25) is 0 Å². The van der Waals surface area contributed by atoms with E-state index in [0.717, 1.165) is 31.8 Å². The van der Waals surface area contributed by atoms with E-state index < -0.39 is 0 Å². The average molecular weight is 250 g/mol. The standard InChI is InChI=1S/C14H22N2O2/c1-17-14-7-4-5-12(16-14)11-15-9-8-13-6-2-3-10-18-13/h4-5,7,13,15H,2-3,6,8-11H2,1H3. The first-order chi connectivity index (χ1) is 8.88. The molecule has 4 nitrogen and oxygen atoms in total. The van der Waals surface area contributed by atoms with E-state index in [2.05, 4.69) is 10.3 Å². The Labute approximate surface area is 109 Å². The normalized spacial score (nSPS) is 19.7. The van der Waals surface area contributed by atoms with Gasteiger partial charge >= 0.3 is 0 Å². The fraction of sp³-hybridized carbons (Fsp3) is 0.643. The molecule has 0 amide bonds. The summed E-state index contributed by atoms with van der Waals surface area (Å²) in [6, 6.07) is 5.83. The molecule has 4 heteroatoms. The maximum Gasteiger partial charge on any atom is 0.213 e. The molecule has 1 unspecified atom stereocenters. The van der Waals surface area contributed by atoms with Gasteiger partial charge < -0.3 is 14.8 Å². The molecule has 1 aromatic rings. The predicted molar refractivity (Wildman–Crippen MR) is 70.7 cm³/mol. The van der Waals surface area contributed by atoms with Crippen molar-refractivity contribution in [1.29, 1.82) is 0 Å². The van der Waals surface area contributed by atoms with Gasteiger partial charge in [0.15, 0.2) is 0 Å². The molecule has 0 aliphatic carbocycles. The molecular formula is C14H22N2O2. The summed E-state index contributed by atoms with van der Waals surface area (Å²) in [5.74, 6) is 0.671. The lowest BCUT2D eigenvalue weighted by Crippen LogP contribution is -2.25. The predicted octanol–water partition coefficient (Wildman–Crippen LogP) is 2.14. The minimum absolute atomic E-state index is 0.449. The molecule has 2 rings (SSSR count). The Kier molecular flexibility index (Phi) is 5.42. The zero-order valence-electron chi connectivity index (χ0n) is 11.0. The van der Waals surface area contributed by atoms with Crippen molar-refractivity contribution >= 4 is 0 Å². The quantitative estimate of drug-likeness (QED) is 0.786. The van der Waals surface area contributed by atoms with E-state index in [1.54, 1.807) is 7.11 Å². The summed E-state index contributed by atoms with van der Waals surface area (Å²) in [5.41, 5.74) is 1.01. The van der Waals surface area contributed by atoms with E-state index in [1.807, 2.05) is 18.2 Å². The van der Waals surface area contributed by atoms with Gasteiger partial charge in [0.2, 0.25) is 5.88 Å². The third-order valence-electron chi connectivity index (χ3n) is 3.21. The van der Waals surface area contributed by atoms with E-state index in [1.165, 1.54) is 19.3 Å². The number of methoxy groups -OCH3 is 1. The van der Waals surface area contributed by atoms with Gasteiger partial charge in [0, 0.05) is 19.2 Å². The van der Waals surface area contributed by atoms with Gasteiger partial charge in [-0.25, -0.2) is 4.98 Å². The van der Waals surface area contributed by atoms with Gasteiger partial charge in [0.05, 0.1) is 18.9 Å². The second-order valence-corrected chi connectivity index (χ2v) is 4.63. The maximum atomic E-state index is 5.69. The molecule has 1 N–H and O–H groups in total. The van der Waals surface area contributed by atoms with Gasteiger partial charge in [-0.3, -0.25) is 0 Å². The molecule has 0 aromatic carbocycles. The second kappa shape index (κ2) is 7.34. The van der Waals surface area contributed by atoms with Crippen molar-refractivity contribution in [3.05, 3.63) is 23.9 Å². The van der Waals surface area contributed by atoms with Gasteiger partial charge in [-0.05, 0) is 38.3 Å². The zero-order valence-corrected chi connectivity index (χ0v) is 11.0. The lowest BCUT2D eigenvalue weighted by atomic mass is 10.1. The lowest BCUT2D eigenvalue weighted by Gasteiger charge is -2.22. The summed E-state index contributed by atoms with van der Waals surface area (Å²) >= 11 is 0. The monoisotopic (exact) mass is 250 g/mol. The summed E-state index contributed by atoms with van der Waals surface area (Å²) in [4.78, 5) is 4.36. The summed E-state index contributed by atoms with van der Waals surface area (Å²) < 4.78 is 10.8. The van der Waals surface area contributed by atoms with Crippen LogP contribution < -0.4 is 10.1 Å². The molecule has 1 aromatic heterocycles. The van der Waals surface area contributed by atoms with Crippen LogP contribution in [0.15, 0.2) is 18.2 Å². The van der Waals surface area contributed by atoms with Crippen LogP contribution in [-0.2, 0) is 11.3 Å². The molecule has 1 atom stereocenters. The Morgan fingerprint density at radius 3 is 3.17 bits per heavy atom. The number of hydrogen-bond donors (Lipinski definition) is 1. The highest BCUT2D eigenvalue weighted by Crippen LogP contribution is 2.14. The number of nitrogens with zero attached hydrogens (tertiary/aromatic N) is 1. The van der Waals surface area contributed by atoms with E-state index in [-0.39, 0.29) is 0 Å². The van der Waals surface area contributed by atoms with E-state index in [9.17, 15) is 0 Å². The fourth-order valence-corrected chi connectivity index (χ4v) is 2.18. The molecular weight excluding hydrogens is 228 g/mol. The second-order valence-electron chi connectivity index (χ2n) is 4.63. The number of aromatic nitrogens is 1. The van der Waals surface area contributed by atoms with Crippen LogP contribution in [0.5, 0.6) is 5.88 Å². The molecule has 1 aliphatic rings. The summed E-state index contributed by atoms with van der Waals surface area (Å²) in [5, 5.41) is 3.40. The number of nitrogens with one attached hydrogen (secondary N) is 1. The van der Waals surface area contributed by atoms with Crippen molar-refractivity contribution in [3.63, 3.8) is 0 Å². The van der Waals surface area contributed by atoms with Crippen LogP contribution in [0.25, 0.3) is 0 Å². The van der Waals surface area contributed by atoms with E-state index >= 15 is 0 Å². The number of rotatable bonds is 6. The molecule has 1 fully saturated rings. The Balaban J connectivity index is 1.65. The first kappa shape index (κ1) is 13.3. The largest absolute Gasteiger partial charge is 0.481 e. The van der Waals surface area contributed by atoms with Gasteiger partial charge in [-0.2, -0.15) is 0 Å². The first-order valence-electron chi connectivity index (χ1n) is 6.71. The summed E-state index contributed by atoms with van der Waals surface area (Å²) in [6.07, 6.45) is 5.27. The summed E-state index contributed by atoms with van der Waals surface area (Å²) in [6.45, 7) is 2.69. The minimum atomic E-state index is 0.449. The summed E-state index contributed by atoms with van der Waals surface area (Å²) in [7, 11) is 1.64. The molecule has 0 radical (unpaired) electrons. The molecule has 1 aliphatic heterocycles. The molecule has 100 valence electrons. The van der Waals surface area contributed by atoms with Gasteiger partial charge in [0.25, 0.3) is 0 Å². The highest BCUT2D eigenvalue weighted by molar-refractivity contribution is 5.15. The molecule has 0 bridgehead atoms. The van der Waals surface area contributed by atoms with Crippen LogP contribution in [0.3, 0.4) is 0 Å². The lowest BCUT2D eigenvalue weighted by molar-refractivity contribution is 0.0115. The Hall–Kier alpha value is -1.13. The van der Waals surface area contributed by atoms with Gasteiger partial charge in [0.1, 0.15) is 0 Å². The fourth-order valence-electron chi connectivity index (χ4n) is 2.18. The third kappa shape index (κ3) is 4.27. The van der Waals surface area contributed by atoms with Crippen molar-refractivity contribution in [3.8, 4) is 5.88 Å². The number of hydrogen-bond acceptors (Lipinski definition) is 4. The molecule has 1 saturated heterocycles. The van der Waals surface area contributed by atoms with Gasteiger partial charge in [-0.15, -0.1) is 0 Å². The van der Waals surface area contributed by atoms with E-state index in [4.69, 9.17) is 9.47 Å². The van der Waals surface area contributed by atoms with Crippen molar-refractivity contribution in [2.75, 3.05) is 20.3 Å². The van der Waals surface area contributed by atoms with Crippen LogP contribution >= 0.6 is 0 Å². The van der Waals surface area contributed by atoms with Crippen LogP contribution in [0.4, 0.5) is 0 Å². The topological polar surface area (TPSA) is 43.4 Å². The smallest absolute Gasteiger partial charge is 0.213 e. The molecule has 18 heavy (non-hydrogen) atoms. The van der Waals surface area contributed by atoms with Crippen molar-refractivity contribution in [1.82, 2.24) is 10.3 Å². The minimum Gasteiger partial charge on any atom is -0.481 e.